The molecule has 5 heteroatoms. The number of aryl methyl sites for hydroxylation is 1. The number of piperidine rings is 1. The molecule has 0 spiro atoms. The Morgan fingerprint density at radius 3 is 2.48 bits per heavy atom. The van der Waals surface area contributed by atoms with Crippen LogP contribution in [0.25, 0.3) is 0 Å². The van der Waals surface area contributed by atoms with Gasteiger partial charge < -0.3 is 14.5 Å². The highest BCUT2D eigenvalue weighted by Gasteiger charge is 2.35. The van der Waals surface area contributed by atoms with Crippen molar-refractivity contribution in [3.05, 3.63) is 11.7 Å². The molecule has 1 aliphatic heterocycles. The highest BCUT2D eigenvalue weighted by molar-refractivity contribution is 4.97. The summed E-state index contributed by atoms with van der Waals surface area (Å²) in [4.78, 5) is 6.76. The maximum absolute atomic E-state index is 10.7. The van der Waals surface area contributed by atoms with E-state index < -0.39 is 5.60 Å². The predicted octanol–water partition coefficient (Wildman–Crippen LogP) is 2.50. The fourth-order valence-electron chi connectivity index (χ4n) is 3.69. The van der Waals surface area contributed by atoms with E-state index in [0.29, 0.717) is 5.92 Å². The van der Waals surface area contributed by atoms with Crippen LogP contribution in [0.1, 0.15) is 63.1 Å². The third-order valence-corrected chi connectivity index (χ3v) is 5.20. The van der Waals surface area contributed by atoms with Crippen LogP contribution >= 0.6 is 0 Å². The molecule has 21 heavy (non-hydrogen) atoms. The number of rotatable bonds is 3. The minimum Gasteiger partial charge on any atom is -0.389 e. The van der Waals surface area contributed by atoms with Crippen molar-refractivity contribution in [1.82, 2.24) is 15.0 Å². The molecule has 1 aliphatic carbocycles. The van der Waals surface area contributed by atoms with Crippen LogP contribution < -0.4 is 0 Å². The summed E-state index contributed by atoms with van der Waals surface area (Å²) in [7, 11) is 0. The zero-order chi connectivity index (χ0) is 14.9. The second-order valence-electron chi connectivity index (χ2n) is 7.14. The molecular formula is C16H27N3O2. The van der Waals surface area contributed by atoms with Crippen LogP contribution in [-0.2, 0) is 0 Å². The topological polar surface area (TPSA) is 62.4 Å². The third kappa shape index (κ3) is 3.64. The van der Waals surface area contributed by atoms with Crippen molar-refractivity contribution in [2.75, 3.05) is 19.6 Å². The van der Waals surface area contributed by atoms with Crippen LogP contribution in [0.15, 0.2) is 4.52 Å². The zero-order valence-corrected chi connectivity index (χ0v) is 13.2. The molecule has 0 bridgehead atoms. The van der Waals surface area contributed by atoms with Gasteiger partial charge >= 0.3 is 0 Å². The molecule has 1 saturated carbocycles. The van der Waals surface area contributed by atoms with Crippen LogP contribution in [0.3, 0.4) is 0 Å². The highest BCUT2D eigenvalue weighted by atomic mass is 16.5. The standard InChI is InChI=1S/C16H27N3O2/c1-12-3-7-16(20,8-4-12)11-19-9-5-14(6-10-19)15-17-13(2)18-21-15/h12,14,20H,3-11H2,1-2H3. The molecule has 0 radical (unpaired) electrons. The SMILES string of the molecule is Cc1noc(C2CCN(CC3(O)CCC(C)CC3)CC2)n1. The van der Waals surface area contributed by atoms with Gasteiger partial charge in [0, 0.05) is 12.5 Å². The lowest BCUT2D eigenvalue weighted by Gasteiger charge is -2.40. The van der Waals surface area contributed by atoms with Crippen LogP contribution in [0.2, 0.25) is 0 Å². The summed E-state index contributed by atoms with van der Waals surface area (Å²) < 4.78 is 5.29. The summed E-state index contributed by atoms with van der Waals surface area (Å²) in [6.07, 6.45) is 6.33. The van der Waals surface area contributed by atoms with E-state index in [1.807, 2.05) is 6.92 Å². The molecule has 3 rings (SSSR count). The molecule has 1 aromatic heterocycles. The normalized spacial score (nSPS) is 32.4. The number of aromatic nitrogens is 2. The first-order valence-corrected chi connectivity index (χ1v) is 8.29. The van der Waals surface area contributed by atoms with Gasteiger partial charge in [-0.2, -0.15) is 4.98 Å². The summed E-state index contributed by atoms with van der Waals surface area (Å²) in [6, 6.07) is 0. The second kappa shape index (κ2) is 6.05. The van der Waals surface area contributed by atoms with E-state index in [2.05, 4.69) is 22.0 Å². The largest absolute Gasteiger partial charge is 0.389 e. The minimum atomic E-state index is -0.458. The van der Waals surface area contributed by atoms with E-state index in [-0.39, 0.29) is 0 Å². The van der Waals surface area contributed by atoms with E-state index in [1.54, 1.807) is 0 Å². The molecule has 2 fully saturated rings. The first kappa shape index (κ1) is 15.0. The molecule has 2 heterocycles. The Morgan fingerprint density at radius 2 is 1.90 bits per heavy atom. The van der Waals surface area contributed by atoms with Crippen molar-refractivity contribution in [1.29, 1.82) is 0 Å². The maximum atomic E-state index is 10.7. The third-order valence-electron chi connectivity index (χ3n) is 5.20. The van der Waals surface area contributed by atoms with Crippen molar-refractivity contribution in [3.63, 3.8) is 0 Å². The van der Waals surface area contributed by atoms with Crippen LogP contribution in [0, 0.1) is 12.8 Å². The number of nitrogens with zero attached hydrogens (tertiary/aromatic N) is 3. The molecule has 1 saturated heterocycles. The lowest BCUT2D eigenvalue weighted by atomic mass is 9.79. The fraction of sp³-hybridized carbons (Fsp3) is 0.875. The van der Waals surface area contributed by atoms with Crippen molar-refractivity contribution < 1.29 is 9.63 Å². The Labute approximate surface area is 126 Å². The second-order valence-corrected chi connectivity index (χ2v) is 7.14. The first-order chi connectivity index (χ1) is 10.0. The zero-order valence-electron chi connectivity index (χ0n) is 13.2. The van der Waals surface area contributed by atoms with Gasteiger partial charge in [-0.15, -0.1) is 0 Å². The minimum absolute atomic E-state index is 0.392. The lowest BCUT2D eigenvalue weighted by Crippen LogP contribution is -2.47. The number of hydrogen-bond donors (Lipinski definition) is 1. The number of likely N-dealkylation sites (tertiary alicyclic amines) is 1. The fourth-order valence-corrected chi connectivity index (χ4v) is 3.69. The molecule has 5 nitrogen and oxygen atoms in total. The predicted molar refractivity (Wildman–Crippen MR) is 80.0 cm³/mol. The van der Waals surface area contributed by atoms with Gasteiger partial charge in [0.25, 0.3) is 0 Å². The molecule has 2 aliphatic rings. The molecule has 0 amide bonds. The van der Waals surface area contributed by atoms with E-state index in [9.17, 15) is 5.11 Å². The van der Waals surface area contributed by atoms with Crippen LogP contribution in [0.4, 0.5) is 0 Å². The van der Waals surface area contributed by atoms with Gasteiger partial charge in [-0.05, 0) is 64.5 Å². The molecule has 0 unspecified atom stereocenters. The summed E-state index contributed by atoms with van der Waals surface area (Å²) in [5.41, 5.74) is -0.458. The Hall–Kier alpha value is -0.940. The summed E-state index contributed by atoms with van der Waals surface area (Å²) >= 11 is 0. The summed E-state index contributed by atoms with van der Waals surface area (Å²) in [5.74, 6) is 2.68. The summed E-state index contributed by atoms with van der Waals surface area (Å²) in [5, 5.41) is 14.6. The smallest absolute Gasteiger partial charge is 0.229 e. The maximum Gasteiger partial charge on any atom is 0.229 e. The molecule has 118 valence electrons. The lowest BCUT2D eigenvalue weighted by molar-refractivity contribution is -0.0395. The Bertz CT molecular complexity index is 458. The summed E-state index contributed by atoms with van der Waals surface area (Å²) in [6.45, 7) is 7.02. The van der Waals surface area contributed by atoms with E-state index >= 15 is 0 Å². The van der Waals surface area contributed by atoms with Crippen molar-refractivity contribution in [3.8, 4) is 0 Å². The van der Waals surface area contributed by atoms with E-state index in [1.165, 1.54) is 0 Å². The Kier molecular flexibility index (Phi) is 4.31. The van der Waals surface area contributed by atoms with Gasteiger partial charge in [0.1, 0.15) is 0 Å². The van der Waals surface area contributed by atoms with Gasteiger partial charge in [0.2, 0.25) is 5.89 Å². The average molecular weight is 293 g/mol. The van der Waals surface area contributed by atoms with Gasteiger partial charge in [-0.3, -0.25) is 0 Å². The van der Waals surface area contributed by atoms with Crippen molar-refractivity contribution >= 4 is 0 Å². The van der Waals surface area contributed by atoms with Gasteiger partial charge in [-0.25, -0.2) is 0 Å². The van der Waals surface area contributed by atoms with Crippen molar-refractivity contribution in [2.24, 2.45) is 5.92 Å². The molecule has 0 atom stereocenters. The van der Waals surface area contributed by atoms with Gasteiger partial charge in [-0.1, -0.05) is 12.1 Å². The van der Waals surface area contributed by atoms with Crippen LogP contribution in [-0.4, -0.2) is 45.4 Å². The number of aliphatic hydroxyl groups is 1. The quantitative estimate of drug-likeness (QED) is 0.927. The molecule has 1 aromatic rings. The van der Waals surface area contributed by atoms with Gasteiger partial charge in [0.05, 0.1) is 5.60 Å². The van der Waals surface area contributed by atoms with Gasteiger partial charge in [0.15, 0.2) is 5.82 Å². The molecule has 1 N–H and O–H groups in total. The highest BCUT2D eigenvalue weighted by Crippen LogP contribution is 2.34. The molecule has 0 aromatic carbocycles. The Morgan fingerprint density at radius 1 is 1.24 bits per heavy atom. The monoisotopic (exact) mass is 293 g/mol. The number of β-amino-alcohol motifs (C(OH)–C–C–N with tert-alkyl or cyclic N) is 1. The number of hydrogen-bond acceptors (Lipinski definition) is 5. The van der Waals surface area contributed by atoms with Crippen LogP contribution in [0.5, 0.6) is 0 Å². The Balaban J connectivity index is 1.49. The van der Waals surface area contributed by atoms with E-state index in [4.69, 9.17) is 4.52 Å². The van der Waals surface area contributed by atoms with E-state index in [0.717, 1.165) is 75.8 Å². The first-order valence-electron chi connectivity index (χ1n) is 8.29. The molecular weight excluding hydrogens is 266 g/mol. The average Bonchev–Trinajstić information content (AvgIpc) is 2.90. The van der Waals surface area contributed by atoms with Crippen molar-refractivity contribution in [2.45, 2.75) is 63.9 Å².